The number of hydrogen-bond acceptors (Lipinski definition) is 0. The van der Waals surface area contributed by atoms with Crippen LogP contribution in [0.4, 0.5) is 0 Å². The molecule has 15 heavy (non-hydrogen) atoms. The van der Waals surface area contributed by atoms with E-state index >= 15 is 0 Å². The minimum absolute atomic E-state index is 0.645. The number of benzene rings is 1. The summed E-state index contributed by atoms with van der Waals surface area (Å²) < 4.78 is 0. The van der Waals surface area contributed by atoms with E-state index in [2.05, 4.69) is 52.8 Å². The van der Waals surface area contributed by atoms with Gasteiger partial charge in [-0.15, -0.1) is 0 Å². The molecule has 0 nitrogen and oxygen atoms in total. The van der Waals surface area contributed by atoms with Crippen molar-refractivity contribution < 1.29 is 0 Å². The lowest BCUT2D eigenvalue weighted by molar-refractivity contribution is 0.641. The van der Waals surface area contributed by atoms with Gasteiger partial charge in [-0.25, -0.2) is 0 Å². The maximum atomic E-state index is 2.30. The van der Waals surface area contributed by atoms with E-state index in [1.807, 2.05) is 0 Å². The van der Waals surface area contributed by atoms with E-state index in [9.17, 15) is 0 Å². The van der Waals surface area contributed by atoms with Gasteiger partial charge < -0.3 is 0 Å². The fourth-order valence-electron chi connectivity index (χ4n) is 2.26. The van der Waals surface area contributed by atoms with Crippen LogP contribution in [0.2, 0.25) is 0 Å². The van der Waals surface area contributed by atoms with Crippen LogP contribution in [-0.2, 0) is 12.8 Å². The predicted molar refractivity (Wildman–Crippen MR) is 68.5 cm³/mol. The van der Waals surface area contributed by atoms with Gasteiger partial charge in [0.25, 0.3) is 0 Å². The number of hydrogen-bond donors (Lipinski definition) is 0. The van der Waals surface area contributed by atoms with Crippen LogP contribution in [0, 0.1) is 5.92 Å². The van der Waals surface area contributed by atoms with Gasteiger partial charge in [0.05, 0.1) is 0 Å². The van der Waals surface area contributed by atoms with Crippen LogP contribution in [0.1, 0.15) is 57.2 Å². The number of rotatable bonds is 4. The summed E-state index contributed by atoms with van der Waals surface area (Å²) in [5, 5.41) is 0. The standard InChI is InChI=1S/C15H24/c1-6-14-13(10-11(2)3)8-7-9-15(14)12(4)5/h7-9,11-12H,6,10H2,1-5H3. The second kappa shape index (κ2) is 5.34. The highest BCUT2D eigenvalue weighted by molar-refractivity contribution is 5.37. The quantitative estimate of drug-likeness (QED) is 0.674. The Morgan fingerprint density at radius 1 is 1.07 bits per heavy atom. The first-order valence-electron chi connectivity index (χ1n) is 6.16. The van der Waals surface area contributed by atoms with Gasteiger partial charge in [-0.05, 0) is 41.4 Å². The molecular formula is C15H24. The summed E-state index contributed by atoms with van der Waals surface area (Å²) in [6.07, 6.45) is 2.38. The van der Waals surface area contributed by atoms with Crippen molar-refractivity contribution in [2.45, 2.75) is 53.4 Å². The maximum absolute atomic E-state index is 2.30. The highest BCUT2D eigenvalue weighted by Gasteiger charge is 2.10. The van der Waals surface area contributed by atoms with Gasteiger partial charge in [-0.3, -0.25) is 0 Å². The largest absolute Gasteiger partial charge is 0.0625 e. The first-order chi connectivity index (χ1) is 7.06. The summed E-state index contributed by atoms with van der Waals surface area (Å²) in [4.78, 5) is 0. The second-order valence-electron chi connectivity index (χ2n) is 5.09. The molecule has 0 heteroatoms. The summed E-state index contributed by atoms with van der Waals surface area (Å²) in [6.45, 7) is 11.4. The third-order valence-corrected chi connectivity index (χ3v) is 2.91. The average molecular weight is 204 g/mol. The zero-order valence-electron chi connectivity index (χ0n) is 10.8. The molecule has 0 N–H and O–H groups in total. The van der Waals surface area contributed by atoms with Crippen molar-refractivity contribution in [3.8, 4) is 0 Å². The van der Waals surface area contributed by atoms with Crippen LogP contribution in [0.5, 0.6) is 0 Å². The molecule has 0 spiro atoms. The van der Waals surface area contributed by atoms with Gasteiger partial charge in [0.2, 0.25) is 0 Å². The Bertz CT molecular complexity index is 308. The van der Waals surface area contributed by atoms with Crippen molar-refractivity contribution in [3.05, 3.63) is 34.9 Å². The van der Waals surface area contributed by atoms with E-state index in [1.54, 1.807) is 11.1 Å². The molecule has 0 saturated heterocycles. The normalized spacial score (nSPS) is 11.4. The van der Waals surface area contributed by atoms with E-state index in [0.29, 0.717) is 5.92 Å². The van der Waals surface area contributed by atoms with E-state index in [1.165, 1.54) is 12.0 Å². The molecule has 0 saturated carbocycles. The fourth-order valence-corrected chi connectivity index (χ4v) is 2.26. The van der Waals surface area contributed by atoms with Gasteiger partial charge in [0, 0.05) is 0 Å². The summed E-state index contributed by atoms with van der Waals surface area (Å²) in [7, 11) is 0. The van der Waals surface area contributed by atoms with Crippen molar-refractivity contribution in [1.29, 1.82) is 0 Å². The Hall–Kier alpha value is -0.780. The van der Waals surface area contributed by atoms with E-state index < -0.39 is 0 Å². The monoisotopic (exact) mass is 204 g/mol. The highest BCUT2D eigenvalue weighted by atomic mass is 14.1. The molecule has 1 aromatic carbocycles. The third-order valence-electron chi connectivity index (χ3n) is 2.91. The molecule has 0 aliphatic carbocycles. The lowest BCUT2D eigenvalue weighted by atomic mass is 9.88. The molecule has 0 aromatic heterocycles. The van der Waals surface area contributed by atoms with E-state index in [0.717, 1.165) is 12.3 Å². The first-order valence-corrected chi connectivity index (χ1v) is 6.16. The Balaban J connectivity index is 3.10. The van der Waals surface area contributed by atoms with E-state index in [4.69, 9.17) is 0 Å². The van der Waals surface area contributed by atoms with Crippen molar-refractivity contribution >= 4 is 0 Å². The molecule has 0 fully saturated rings. The van der Waals surface area contributed by atoms with Crippen LogP contribution in [0.15, 0.2) is 18.2 Å². The lowest BCUT2D eigenvalue weighted by Crippen LogP contribution is -2.03. The van der Waals surface area contributed by atoms with Crippen molar-refractivity contribution in [3.63, 3.8) is 0 Å². The van der Waals surface area contributed by atoms with Gasteiger partial charge in [0.15, 0.2) is 0 Å². The topological polar surface area (TPSA) is 0 Å². The Morgan fingerprint density at radius 3 is 2.20 bits per heavy atom. The molecule has 1 aromatic rings. The van der Waals surface area contributed by atoms with Crippen LogP contribution in [0.25, 0.3) is 0 Å². The van der Waals surface area contributed by atoms with Gasteiger partial charge in [0.1, 0.15) is 0 Å². The van der Waals surface area contributed by atoms with Crippen LogP contribution in [-0.4, -0.2) is 0 Å². The van der Waals surface area contributed by atoms with Crippen molar-refractivity contribution in [1.82, 2.24) is 0 Å². The van der Waals surface area contributed by atoms with Crippen molar-refractivity contribution in [2.24, 2.45) is 5.92 Å². The smallest absolute Gasteiger partial charge is 0.0216 e. The van der Waals surface area contributed by atoms with Crippen molar-refractivity contribution in [2.75, 3.05) is 0 Å². The molecule has 0 atom stereocenters. The summed E-state index contributed by atoms with van der Waals surface area (Å²) in [6, 6.07) is 6.80. The molecule has 0 radical (unpaired) electrons. The van der Waals surface area contributed by atoms with Gasteiger partial charge >= 0.3 is 0 Å². The van der Waals surface area contributed by atoms with Crippen LogP contribution in [0.3, 0.4) is 0 Å². The molecule has 0 aliphatic heterocycles. The van der Waals surface area contributed by atoms with Crippen LogP contribution < -0.4 is 0 Å². The Labute approximate surface area is 94.7 Å². The summed E-state index contributed by atoms with van der Waals surface area (Å²) in [5.74, 6) is 1.39. The molecule has 0 aliphatic rings. The zero-order chi connectivity index (χ0) is 11.4. The molecular weight excluding hydrogens is 180 g/mol. The summed E-state index contributed by atoms with van der Waals surface area (Å²) in [5.41, 5.74) is 4.68. The zero-order valence-corrected chi connectivity index (χ0v) is 10.8. The minimum Gasteiger partial charge on any atom is -0.0625 e. The average Bonchev–Trinajstić information content (AvgIpc) is 2.16. The SMILES string of the molecule is CCc1c(CC(C)C)cccc1C(C)C. The maximum Gasteiger partial charge on any atom is -0.0216 e. The first kappa shape index (κ1) is 12.3. The van der Waals surface area contributed by atoms with Crippen LogP contribution >= 0.6 is 0 Å². The Morgan fingerprint density at radius 2 is 1.73 bits per heavy atom. The third kappa shape index (κ3) is 3.09. The molecule has 0 amide bonds. The fraction of sp³-hybridized carbons (Fsp3) is 0.600. The molecule has 84 valence electrons. The molecule has 0 unspecified atom stereocenters. The van der Waals surface area contributed by atoms with E-state index in [-0.39, 0.29) is 0 Å². The lowest BCUT2D eigenvalue weighted by Gasteiger charge is -2.17. The summed E-state index contributed by atoms with van der Waals surface area (Å²) >= 11 is 0. The second-order valence-corrected chi connectivity index (χ2v) is 5.09. The molecule has 0 heterocycles. The van der Waals surface area contributed by atoms with Gasteiger partial charge in [-0.2, -0.15) is 0 Å². The molecule has 0 bridgehead atoms. The highest BCUT2D eigenvalue weighted by Crippen LogP contribution is 2.24. The van der Waals surface area contributed by atoms with Gasteiger partial charge in [-0.1, -0.05) is 52.8 Å². The molecule has 1 rings (SSSR count). The Kier molecular flexibility index (Phi) is 4.38. The predicted octanol–water partition coefficient (Wildman–Crippen LogP) is 4.57. The minimum atomic E-state index is 0.645.